The summed E-state index contributed by atoms with van der Waals surface area (Å²) >= 11 is 0. The first kappa shape index (κ1) is 13.3. The van der Waals surface area contributed by atoms with Crippen molar-refractivity contribution in [3.05, 3.63) is 30.1 Å². The summed E-state index contributed by atoms with van der Waals surface area (Å²) in [7, 11) is -1.09. The lowest BCUT2D eigenvalue weighted by atomic mass is 10.2. The molecule has 0 saturated carbocycles. The summed E-state index contributed by atoms with van der Waals surface area (Å²) in [5, 5.41) is 0. The highest BCUT2D eigenvalue weighted by Gasteiger charge is 2.04. The van der Waals surface area contributed by atoms with Crippen molar-refractivity contribution < 1.29 is 8.60 Å². The second-order valence-corrected chi connectivity index (χ2v) is 5.55. The Labute approximate surface area is 98.5 Å². The molecule has 90 valence electrons. The van der Waals surface area contributed by atoms with Gasteiger partial charge in [-0.1, -0.05) is 12.5 Å². The van der Waals surface area contributed by atoms with Crippen LogP contribution in [0.3, 0.4) is 0 Å². The van der Waals surface area contributed by atoms with E-state index in [0.29, 0.717) is 10.6 Å². The molecule has 0 aliphatic heterocycles. The predicted octanol–water partition coefficient (Wildman–Crippen LogP) is 2.45. The van der Waals surface area contributed by atoms with Crippen molar-refractivity contribution in [2.24, 2.45) is 5.73 Å². The van der Waals surface area contributed by atoms with Crippen molar-refractivity contribution in [1.29, 1.82) is 0 Å². The molecule has 0 bridgehead atoms. The number of unbranched alkanes of at least 4 members (excludes halogenated alkanes) is 1. The van der Waals surface area contributed by atoms with E-state index in [9.17, 15) is 8.60 Å². The molecule has 0 aliphatic rings. The van der Waals surface area contributed by atoms with E-state index in [2.05, 4.69) is 0 Å². The minimum Gasteiger partial charge on any atom is -0.328 e. The van der Waals surface area contributed by atoms with E-state index in [1.54, 1.807) is 12.1 Å². The highest BCUT2D eigenvalue weighted by atomic mass is 32.2. The third-order valence-electron chi connectivity index (χ3n) is 2.30. The third-order valence-corrected chi connectivity index (χ3v) is 3.74. The number of hydrogen-bond acceptors (Lipinski definition) is 2. The predicted molar refractivity (Wildman–Crippen MR) is 65.2 cm³/mol. The lowest BCUT2D eigenvalue weighted by molar-refractivity contribution is 0.612. The Kier molecular flexibility index (Phi) is 5.63. The SMILES string of the molecule is CC(N)CCCCS(=O)c1cccc(F)c1. The van der Waals surface area contributed by atoms with Gasteiger partial charge in [-0.25, -0.2) is 4.39 Å². The molecule has 0 amide bonds. The normalized spacial score (nSPS) is 14.7. The van der Waals surface area contributed by atoms with Gasteiger partial charge in [-0.05, 0) is 38.0 Å². The Balaban J connectivity index is 2.35. The fraction of sp³-hybridized carbons (Fsp3) is 0.500. The number of nitrogens with two attached hydrogens (primary N) is 1. The fourth-order valence-corrected chi connectivity index (χ4v) is 2.60. The Bertz CT molecular complexity index is 355. The summed E-state index contributed by atoms with van der Waals surface area (Å²) in [6, 6.07) is 6.18. The molecule has 0 saturated heterocycles. The van der Waals surface area contributed by atoms with Crippen LogP contribution >= 0.6 is 0 Å². The molecule has 1 aromatic rings. The van der Waals surface area contributed by atoms with Gasteiger partial charge in [0.25, 0.3) is 0 Å². The summed E-state index contributed by atoms with van der Waals surface area (Å²) in [4.78, 5) is 0.570. The molecule has 0 radical (unpaired) electrons. The number of hydrogen-bond donors (Lipinski definition) is 1. The van der Waals surface area contributed by atoms with Gasteiger partial charge in [-0.2, -0.15) is 0 Å². The molecular formula is C12H18FNOS. The van der Waals surface area contributed by atoms with Gasteiger partial charge in [0, 0.05) is 16.7 Å². The standard InChI is InChI=1S/C12H18FNOS/c1-10(14)5-2-3-8-16(15)12-7-4-6-11(13)9-12/h4,6-7,9-10H,2-3,5,8,14H2,1H3. The number of benzene rings is 1. The average molecular weight is 243 g/mol. The van der Waals surface area contributed by atoms with Gasteiger partial charge in [-0.3, -0.25) is 4.21 Å². The van der Waals surface area contributed by atoms with Crippen LogP contribution < -0.4 is 5.73 Å². The molecule has 0 aliphatic carbocycles. The Morgan fingerprint density at radius 1 is 1.44 bits per heavy atom. The van der Waals surface area contributed by atoms with E-state index in [1.165, 1.54) is 12.1 Å². The third kappa shape index (κ3) is 4.86. The summed E-state index contributed by atoms with van der Waals surface area (Å²) in [6.45, 7) is 1.96. The zero-order valence-electron chi connectivity index (χ0n) is 9.49. The minimum absolute atomic E-state index is 0.197. The topological polar surface area (TPSA) is 43.1 Å². The van der Waals surface area contributed by atoms with Crippen molar-refractivity contribution in [2.75, 3.05) is 5.75 Å². The molecule has 1 aromatic carbocycles. The van der Waals surface area contributed by atoms with Crippen molar-refractivity contribution in [3.63, 3.8) is 0 Å². The van der Waals surface area contributed by atoms with E-state index in [-0.39, 0.29) is 11.9 Å². The molecule has 16 heavy (non-hydrogen) atoms. The molecule has 1 rings (SSSR count). The van der Waals surface area contributed by atoms with Crippen LogP contribution in [0.4, 0.5) is 4.39 Å². The lowest BCUT2D eigenvalue weighted by Gasteiger charge is -2.05. The van der Waals surface area contributed by atoms with E-state index in [0.717, 1.165) is 19.3 Å². The van der Waals surface area contributed by atoms with Crippen molar-refractivity contribution in [1.82, 2.24) is 0 Å². The van der Waals surface area contributed by atoms with Crippen molar-refractivity contribution in [3.8, 4) is 0 Å². The maximum absolute atomic E-state index is 12.9. The van der Waals surface area contributed by atoms with Gasteiger partial charge >= 0.3 is 0 Å². The molecule has 0 fully saturated rings. The second-order valence-electron chi connectivity index (χ2n) is 3.98. The molecule has 4 heteroatoms. The number of rotatable bonds is 6. The minimum atomic E-state index is -1.09. The molecule has 2 unspecified atom stereocenters. The van der Waals surface area contributed by atoms with Gasteiger partial charge in [0.1, 0.15) is 5.82 Å². The second kappa shape index (κ2) is 6.76. The van der Waals surface area contributed by atoms with E-state index >= 15 is 0 Å². The zero-order valence-corrected chi connectivity index (χ0v) is 10.3. The van der Waals surface area contributed by atoms with E-state index in [4.69, 9.17) is 5.73 Å². The van der Waals surface area contributed by atoms with Crippen LogP contribution in [0.1, 0.15) is 26.2 Å². The zero-order chi connectivity index (χ0) is 12.0. The van der Waals surface area contributed by atoms with Crippen molar-refractivity contribution in [2.45, 2.75) is 37.1 Å². The first-order valence-electron chi connectivity index (χ1n) is 5.49. The van der Waals surface area contributed by atoms with Gasteiger partial charge in [0.15, 0.2) is 0 Å². The maximum Gasteiger partial charge on any atom is 0.124 e. The van der Waals surface area contributed by atoms with Crippen LogP contribution in [0.5, 0.6) is 0 Å². The summed E-state index contributed by atoms with van der Waals surface area (Å²) in [6.07, 6.45) is 2.78. The van der Waals surface area contributed by atoms with Crippen LogP contribution in [0, 0.1) is 5.82 Å². The van der Waals surface area contributed by atoms with Gasteiger partial charge in [0.2, 0.25) is 0 Å². The first-order chi connectivity index (χ1) is 7.59. The Morgan fingerprint density at radius 3 is 2.81 bits per heavy atom. The van der Waals surface area contributed by atoms with E-state index < -0.39 is 10.8 Å². The molecule has 0 spiro atoms. The molecule has 2 atom stereocenters. The Hall–Kier alpha value is -0.740. The van der Waals surface area contributed by atoms with Crippen LogP contribution in [0.15, 0.2) is 29.2 Å². The van der Waals surface area contributed by atoms with Crippen molar-refractivity contribution >= 4 is 10.8 Å². The summed E-state index contributed by atoms with van der Waals surface area (Å²) < 4.78 is 24.6. The largest absolute Gasteiger partial charge is 0.328 e. The van der Waals surface area contributed by atoms with Gasteiger partial charge < -0.3 is 5.73 Å². The Morgan fingerprint density at radius 2 is 2.19 bits per heavy atom. The monoisotopic (exact) mass is 243 g/mol. The molecule has 0 aromatic heterocycles. The highest BCUT2D eigenvalue weighted by Crippen LogP contribution is 2.11. The summed E-state index contributed by atoms with van der Waals surface area (Å²) in [5.74, 6) is 0.248. The molecule has 0 heterocycles. The van der Waals surface area contributed by atoms with Crippen LogP contribution in [0.2, 0.25) is 0 Å². The van der Waals surface area contributed by atoms with Crippen LogP contribution in [-0.2, 0) is 10.8 Å². The smallest absolute Gasteiger partial charge is 0.124 e. The lowest BCUT2D eigenvalue weighted by Crippen LogP contribution is -2.14. The highest BCUT2D eigenvalue weighted by molar-refractivity contribution is 7.85. The summed E-state index contributed by atoms with van der Waals surface area (Å²) in [5.41, 5.74) is 5.61. The quantitative estimate of drug-likeness (QED) is 0.780. The number of halogens is 1. The van der Waals surface area contributed by atoms with Gasteiger partial charge in [0.05, 0.1) is 10.8 Å². The molecular weight excluding hydrogens is 225 g/mol. The molecule has 2 nitrogen and oxygen atoms in total. The van der Waals surface area contributed by atoms with E-state index in [1.807, 2.05) is 6.92 Å². The van der Waals surface area contributed by atoms with Crippen LogP contribution in [-0.4, -0.2) is 16.0 Å². The maximum atomic E-state index is 12.9. The van der Waals surface area contributed by atoms with Crippen LogP contribution in [0.25, 0.3) is 0 Å². The first-order valence-corrected chi connectivity index (χ1v) is 6.81. The molecule has 2 N–H and O–H groups in total. The fourth-order valence-electron chi connectivity index (χ4n) is 1.43. The van der Waals surface area contributed by atoms with Gasteiger partial charge in [-0.15, -0.1) is 0 Å². The average Bonchev–Trinajstić information content (AvgIpc) is 2.24.